The van der Waals surface area contributed by atoms with Crippen molar-refractivity contribution in [2.45, 2.75) is 12.8 Å². The van der Waals surface area contributed by atoms with Crippen LogP contribution < -0.4 is 5.73 Å². The van der Waals surface area contributed by atoms with Crippen LogP contribution in [0.3, 0.4) is 0 Å². The van der Waals surface area contributed by atoms with E-state index in [1.807, 2.05) is 36.4 Å². The summed E-state index contributed by atoms with van der Waals surface area (Å²) in [6.07, 6.45) is 8.86. The number of hydrogen-bond acceptors (Lipinski definition) is 10. The van der Waals surface area contributed by atoms with Crippen molar-refractivity contribution in [1.82, 2.24) is 50.3 Å². The Morgan fingerprint density at radius 3 is 1.95 bits per heavy atom. The van der Waals surface area contributed by atoms with Crippen LogP contribution in [-0.2, 0) is 12.8 Å². The molecular formula is C27H25N11O. The number of rotatable bonds is 6. The molecule has 0 saturated carbocycles. The Morgan fingerprint density at radius 2 is 1.38 bits per heavy atom. The molecule has 0 amide bonds. The van der Waals surface area contributed by atoms with Crippen molar-refractivity contribution < 1.29 is 4.79 Å². The summed E-state index contributed by atoms with van der Waals surface area (Å²) in [6, 6.07) is 22.9. The molecule has 39 heavy (non-hydrogen) atoms. The van der Waals surface area contributed by atoms with Crippen LogP contribution in [0.2, 0.25) is 0 Å². The van der Waals surface area contributed by atoms with Gasteiger partial charge in [0, 0.05) is 24.4 Å². The van der Waals surface area contributed by atoms with Gasteiger partial charge in [-0.3, -0.25) is 15.0 Å². The lowest BCUT2D eigenvalue weighted by Gasteiger charge is -1.97. The molecule has 194 valence electrons. The normalized spacial score (nSPS) is 9.95. The third-order valence-electron chi connectivity index (χ3n) is 5.10. The van der Waals surface area contributed by atoms with Gasteiger partial charge in [-0.05, 0) is 24.1 Å². The number of aromatic nitrogens is 10. The summed E-state index contributed by atoms with van der Waals surface area (Å²) in [6.45, 7) is 0. The number of carbonyl (C=O) groups excluding carboxylic acids is 1. The lowest BCUT2D eigenvalue weighted by molar-refractivity contribution is 0.112. The smallest absolute Gasteiger partial charge is 0.239 e. The van der Waals surface area contributed by atoms with Crippen LogP contribution in [0.25, 0.3) is 23.0 Å². The molecule has 4 heterocycles. The van der Waals surface area contributed by atoms with Gasteiger partial charge in [-0.15, -0.1) is 5.10 Å². The van der Waals surface area contributed by atoms with Gasteiger partial charge in [-0.1, -0.05) is 60.7 Å². The summed E-state index contributed by atoms with van der Waals surface area (Å²) in [7, 11) is 0. The monoisotopic (exact) mass is 519 g/mol. The first-order valence-corrected chi connectivity index (χ1v) is 11.9. The van der Waals surface area contributed by atoms with Gasteiger partial charge in [-0.2, -0.15) is 10.1 Å². The molecular weight excluding hydrogens is 494 g/mol. The minimum Gasteiger partial charge on any atom is -0.366 e. The fourth-order valence-corrected chi connectivity index (χ4v) is 3.20. The molecule has 12 heteroatoms. The number of H-pyrrole nitrogens is 2. The Hall–Kier alpha value is -5.65. The fourth-order valence-electron chi connectivity index (χ4n) is 3.20. The molecule has 0 aliphatic rings. The maximum absolute atomic E-state index is 10.0. The molecule has 0 saturated heterocycles. The molecule has 6 rings (SSSR count). The molecule has 12 nitrogen and oxygen atoms in total. The van der Waals surface area contributed by atoms with E-state index in [1.54, 1.807) is 36.7 Å². The highest BCUT2D eigenvalue weighted by Crippen LogP contribution is 2.11. The first-order valence-electron chi connectivity index (χ1n) is 11.9. The van der Waals surface area contributed by atoms with Gasteiger partial charge in [0.2, 0.25) is 5.95 Å². The summed E-state index contributed by atoms with van der Waals surface area (Å²) in [5.74, 6) is 2.25. The SMILES string of the molecule is Nc1n[nH]c(-c2ccncn2)n1.O=Cc1ccccc1.c1ccc(CCc2nc(-c3ccncn3)n[nH]2)cc1. The van der Waals surface area contributed by atoms with Crippen molar-refractivity contribution in [1.29, 1.82) is 0 Å². The number of hydrogen-bond donors (Lipinski definition) is 3. The van der Waals surface area contributed by atoms with Gasteiger partial charge in [0.15, 0.2) is 11.6 Å². The second-order valence-electron chi connectivity index (χ2n) is 7.85. The predicted octanol–water partition coefficient (Wildman–Crippen LogP) is 3.39. The molecule has 0 radical (unpaired) electrons. The van der Waals surface area contributed by atoms with Gasteiger partial charge in [0.05, 0.1) is 0 Å². The Kier molecular flexibility index (Phi) is 9.60. The van der Waals surface area contributed by atoms with Crippen molar-refractivity contribution in [2.75, 3.05) is 5.73 Å². The van der Waals surface area contributed by atoms with Crippen molar-refractivity contribution in [3.05, 3.63) is 115 Å². The van der Waals surface area contributed by atoms with Crippen LogP contribution in [0, 0.1) is 0 Å². The van der Waals surface area contributed by atoms with Gasteiger partial charge in [0.25, 0.3) is 0 Å². The molecule has 2 aromatic carbocycles. The minimum absolute atomic E-state index is 0.212. The second kappa shape index (κ2) is 14.2. The van der Waals surface area contributed by atoms with Crippen LogP contribution in [-0.4, -0.2) is 56.6 Å². The first-order chi connectivity index (χ1) is 19.2. The van der Waals surface area contributed by atoms with E-state index in [4.69, 9.17) is 5.73 Å². The third-order valence-corrected chi connectivity index (χ3v) is 5.10. The van der Waals surface area contributed by atoms with Crippen LogP contribution in [0.1, 0.15) is 21.7 Å². The number of aryl methyl sites for hydroxylation is 2. The summed E-state index contributed by atoms with van der Waals surface area (Å²) >= 11 is 0. The van der Waals surface area contributed by atoms with Crippen molar-refractivity contribution in [3.8, 4) is 23.0 Å². The molecule has 6 aromatic rings. The standard InChI is InChI=1S/C14H13N5.C7H6O.C6H6N6/c1-2-4-11(5-3-1)6-7-13-17-14(19-18-13)12-8-9-15-10-16-12;8-6-7-4-2-1-3-5-7;7-6-10-5(11-12-6)4-1-2-8-3-9-4/h1-5,8-10H,6-7H2,(H,17,18,19);1-6H;1-3H,(H3,7,10,11,12). The third kappa shape index (κ3) is 8.46. The number of benzene rings is 2. The maximum atomic E-state index is 10.0. The fraction of sp³-hybridized carbons (Fsp3) is 0.0741. The van der Waals surface area contributed by atoms with Crippen LogP contribution in [0.4, 0.5) is 5.95 Å². The van der Waals surface area contributed by atoms with Gasteiger partial charge in [-0.25, -0.2) is 24.9 Å². The van der Waals surface area contributed by atoms with E-state index in [9.17, 15) is 4.79 Å². The Labute approximate surface area is 223 Å². The van der Waals surface area contributed by atoms with Crippen LogP contribution >= 0.6 is 0 Å². The second-order valence-corrected chi connectivity index (χ2v) is 7.85. The lowest BCUT2D eigenvalue weighted by atomic mass is 10.1. The molecule has 0 fully saturated rings. The predicted molar refractivity (Wildman–Crippen MR) is 145 cm³/mol. The number of nitrogens with one attached hydrogen (secondary N) is 2. The quantitative estimate of drug-likeness (QED) is 0.276. The van der Waals surface area contributed by atoms with Crippen molar-refractivity contribution in [2.24, 2.45) is 0 Å². The van der Waals surface area contributed by atoms with Gasteiger partial charge in [0.1, 0.15) is 36.2 Å². The van der Waals surface area contributed by atoms with E-state index < -0.39 is 0 Å². The first kappa shape index (κ1) is 26.4. The highest BCUT2D eigenvalue weighted by Gasteiger charge is 2.07. The summed E-state index contributed by atoms with van der Waals surface area (Å²) < 4.78 is 0. The van der Waals surface area contributed by atoms with E-state index in [-0.39, 0.29) is 5.95 Å². The Balaban J connectivity index is 0.000000150. The van der Waals surface area contributed by atoms with Crippen molar-refractivity contribution >= 4 is 12.2 Å². The van der Waals surface area contributed by atoms with E-state index in [2.05, 4.69) is 62.4 Å². The highest BCUT2D eigenvalue weighted by atomic mass is 16.1. The minimum atomic E-state index is 0.212. The molecule has 0 bridgehead atoms. The number of aldehydes is 1. The molecule has 0 aliphatic carbocycles. The van der Waals surface area contributed by atoms with Crippen LogP contribution in [0.5, 0.6) is 0 Å². The Bertz CT molecular complexity index is 1520. The lowest BCUT2D eigenvalue weighted by Crippen LogP contribution is -1.93. The number of carbonyl (C=O) groups is 1. The molecule has 4 aromatic heterocycles. The maximum Gasteiger partial charge on any atom is 0.239 e. The van der Waals surface area contributed by atoms with E-state index in [0.717, 1.165) is 36.2 Å². The van der Waals surface area contributed by atoms with Gasteiger partial charge >= 0.3 is 0 Å². The number of nitrogen functional groups attached to an aromatic ring is 1. The number of anilines is 1. The molecule has 0 spiro atoms. The number of aromatic amines is 2. The average Bonchev–Trinajstić information content (AvgIpc) is 3.68. The van der Waals surface area contributed by atoms with Gasteiger partial charge < -0.3 is 5.73 Å². The molecule has 0 atom stereocenters. The topological polar surface area (TPSA) is 178 Å². The zero-order chi connectivity index (χ0) is 27.1. The van der Waals surface area contributed by atoms with Crippen LogP contribution in [0.15, 0.2) is 97.8 Å². The molecule has 0 unspecified atom stereocenters. The zero-order valence-corrected chi connectivity index (χ0v) is 20.8. The molecule has 0 aliphatic heterocycles. The molecule has 4 N–H and O–H groups in total. The zero-order valence-electron chi connectivity index (χ0n) is 20.8. The highest BCUT2D eigenvalue weighted by molar-refractivity contribution is 5.74. The summed E-state index contributed by atoms with van der Waals surface area (Å²) in [4.78, 5) is 34.1. The summed E-state index contributed by atoms with van der Waals surface area (Å²) in [5.41, 5.74) is 8.75. The number of nitrogens with two attached hydrogens (primary N) is 1. The van der Waals surface area contributed by atoms with E-state index in [1.165, 1.54) is 18.2 Å². The van der Waals surface area contributed by atoms with E-state index in [0.29, 0.717) is 17.3 Å². The number of nitrogens with zero attached hydrogens (tertiary/aromatic N) is 8. The summed E-state index contributed by atoms with van der Waals surface area (Å²) in [5, 5.41) is 13.4. The Morgan fingerprint density at radius 1 is 0.718 bits per heavy atom. The van der Waals surface area contributed by atoms with Crippen molar-refractivity contribution in [3.63, 3.8) is 0 Å². The largest absolute Gasteiger partial charge is 0.366 e. The van der Waals surface area contributed by atoms with E-state index >= 15 is 0 Å². The average molecular weight is 520 g/mol.